The van der Waals surface area contributed by atoms with Gasteiger partial charge in [-0.15, -0.1) is 0 Å². The first-order valence-corrected chi connectivity index (χ1v) is 3.92. The van der Waals surface area contributed by atoms with Gasteiger partial charge in [0.25, 0.3) is 0 Å². The maximum absolute atomic E-state index is 9.75. The van der Waals surface area contributed by atoms with Crippen LogP contribution in [0.25, 0.3) is 0 Å². The van der Waals surface area contributed by atoms with Crippen molar-refractivity contribution in [1.82, 2.24) is 5.32 Å². The lowest BCUT2D eigenvalue weighted by Crippen LogP contribution is -2.29. The number of aliphatic hydroxyl groups excluding tert-OH is 1. The summed E-state index contributed by atoms with van der Waals surface area (Å²) in [6, 6.07) is 0. The van der Waals surface area contributed by atoms with Gasteiger partial charge in [0.2, 0.25) is 0 Å². The van der Waals surface area contributed by atoms with Crippen molar-refractivity contribution in [2.75, 3.05) is 19.7 Å². The summed E-state index contributed by atoms with van der Waals surface area (Å²) >= 11 is -2.49. The second-order valence-corrected chi connectivity index (χ2v) is 2.35. The summed E-state index contributed by atoms with van der Waals surface area (Å²) < 4.78 is 23.6. The molecule has 0 aromatic carbocycles. The molecule has 6 nitrogen and oxygen atoms in total. The fourth-order valence-electron chi connectivity index (χ4n) is 0.413. The number of nitrogens with one attached hydrogen (secondary N) is 1. The Hall–Kier alpha value is -0.0500. The van der Waals surface area contributed by atoms with E-state index >= 15 is 0 Å². The summed E-state index contributed by atoms with van der Waals surface area (Å²) in [4.78, 5) is 0. The molecule has 0 aliphatic carbocycles. The Morgan fingerprint density at radius 3 is 2.73 bits per heavy atom. The van der Waals surface area contributed by atoms with E-state index in [-0.39, 0.29) is 19.7 Å². The maximum Gasteiger partial charge on any atom is 0.164 e. The quantitative estimate of drug-likeness (QED) is 0.244. The van der Waals surface area contributed by atoms with Crippen molar-refractivity contribution in [3.63, 3.8) is 0 Å². The Morgan fingerprint density at radius 2 is 2.27 bits per heavy atom. The van der Waals surface area contributed by atoms with Crippen molar-refractivity contribution in [3.05, 3.63) is 0 Å². The molecule has 0 fully saturated rings. The fraction of sp³-hybridized carbons (Fsp3) is 1.00. The third-order valence-electron chi connectivity index (χ3n) is 0.785. The molecule has 0 bridgehead atoms. The van der Waals surface area contributed by atoms with E-state index in [4.69, 9.17) is 10.2 Å². The van der Waals surface area contributed by atoms with Crippen molar-refractivity contribution in [1.29, 1.82) is 0 Å². The van der Waals surface area contributed by atoms with Gasteiger partial charge in [-0.25, -0.2) is 4.21 Å². The predicted molar refractivity (Wildman–Crippen MR) is 36.0 cm³/mol. The highest BCUT2D eigenvalue weighted by Crippen LogP contribution is 1.76. The van der Waals surface area contributed by atoms with Gasteiger partial charge >= 0.3 is 0 Å². The van der Waals surface area contributed by atoms with Crippen LogP contribution in [0.4, 0.5) is 0 Å². The summed E-state index contributed by atoms with van der Waals surface area (Å²) in [7, 11) is 0. The number of hydrogen-bond acceptors (Lipinski definition) is 6. The second-order valence-electron chi connectivity index (χ2n) is 1.71. The third-order valence-corrected chi connectivity index (χ3v) is 1.14. The number of rotatable bonds is 6. The van der Waals surface area contributed by atoms with Crippen LogP contribution >= 0.6 is 0 Å². The van der Waals surface area contributed by atoms with Crippen LogP contribution in [0.1, 0.15) is 0 Å². The van der Waals surface area contributed by atoms with Crippen LogP contribution in [-0.2, 0) is 15.5 Å². The van der Waals surface area contributed by atoms with Crippen LogP contribution in [0.2, 0.25) is 0 Å². The van der Waals surface area contributed by atoms with Gasteiger partial charge in [0, 0.05) is 13.1 Å². The average molecular weight is 184 g/mol. The van der Waals surface area contributed by atoms with E-state index in [1.54, 1.807) is 0 Å². The molecule has 0 spiro atoms. The van der Waals surface area contributed by atoms with Gasteiger partial charge in [-0.1, -0.05) is 0 Å². The molecule has 68 valence electrons. The molecular formula is C4H10NO5S-. The molecule has 0 radical (unpaired) electrons. The molecule has 0 aliphatic heterocycles. The Kier molecular flexibility index (Phi) is 6.62. The zero-order valence-electron chi connectivity index (χ0n) is 5.73. The molecule has 11 heavy (non-hydrogen) atoms. The Balaban J connectivity index is 2.97. The summed E-state index contributed by atoms with van der Waals surface area (Å²) in [6.07, 6.45) is -1.42. The van der Waals surface area contributed by atoms with Crippen molar-refractivity contribution in [2.45, 2.75) is 6.29 Å². The lowest BCUT2D eigenvalue weighted by atomic mass is 10.6. The SMILES string of the molecule is O=S([O-])OCCNCC(O)O. The topological polar surface area (TPSA) is 102 Å². The van der Waals surface area contributed by atoms with E-state index in [1.165, 1.54) is 0 Å². The number of hydrogen-bond donors (Lipinski definition) is 3. The van der Waals surface area contributed by atoms with Crippen LogP contribution in [-0.4, -0.2) is 45.0 Å². The maximum atomic E-state index is 9.75. The van der Waals surface area contributed by atoms with Crippen LogP contribution in [0.5, 0.6) is 0 Å². The van der Waals surface area contributed by atoms with E-state index < -0.39 is 17.7 Å². The molecule has 1 atom stereocenters. The standard InChI is InChI=1S/C4H11NO5S/c6-4(7)3-5-1-2-10-11(8)9/h4-7H,1-3H2,(H,8,9)/p-1. The minimum atomic E-state index is -2.49. The van der Waals surface area contributed by atoms with E-state index in [2.05, 4.69) is 9.50 Å². The van der Waals surface area contributed by atoms with Crippen LogP contribution in [0.15, 0.2) is 0 Å². The lowest BCUT2D eigenvalue weighted by Gasteiger charge is -2.07. The molecule has 0 saturated carbocycles. The minimum Gasteiger partial charge on any atom is -0.750 e. The molecule has 0 aliphatic rings. The van der Waals surface area contributed by atoms with Gasteiger partial charge in [-0.05, 0) is 0 Å². The van der Waals surface area contributed by atoms with E-state index in [1.807, 2.05) is 0 Å². The Morgan fingerprint density at radius 1 is 1.64 bits per heavy atom. The number of aliphatic hydroxyl groups is 2. The lowest BCUT2D eigenvalue weighted by molar-refractivity contribution is -0.0373. The third kappa shape index (κ3) is 9.95. The molecule has 0 aromatic heterocycles. The average Bonchev–Trinajstić information content (AvgIpc) is 1.85. The van der Waals surface area contributed by atoms with Crippen LogP contribution < -0.4 is 5.32 Å². The van der Waals surface area contributed by atoms with Crippen LogP contribution in [0, 0.1) is 0 Å². The minimum absolute atomic E-state index is 0.00511. The highest BCUT2D eigenvalue weighted by molar-refractivity contribution is 7.74. The monoisotopic (exact) mass is 184 g/mol. The van der Waals surface area contributed by atoms with E-state index in [9.17, 15) is 8.76 Å². The smallest absolute Gasteiger partial charge is 0.164 e. The highest BCUT2D eigenvalue weighted by Gasteiger charge is 1.94. The van der Waals surface area contributed by atoms with Gasteiger partial charge < -0.3 is 20.1 Å². The molecule has 3 N–H and O–H groups in total. The first-order chi connectivity index (χ1) is 5.13. The van der Waals surface area contributed by atoms with Gasteiger partial charge in [0.15, 0.2) is 6.29 Å². The summed E-state index contributed by atoms with van der Waals surface area (Å²) in [5.74, 6) is 0. The van der Waals surface area contributed by atoms with Crippen molar-refractivity contribution in [3.8, 4) is 0 Å². The van der Waals surface area contributed by atoms with Crippen molar-refractivity contribution >= 4 is 11.4 Å². The zero-order chi connectivity index (χ0) is 8.69. The fourth-order valence-corrected chi connectivity index (χ4v) is 0.632. The normalized spacial score (nSPS) is 13.8. The molecule has 0 saturated heterocycles. The van der Waals surface area contributed by atoms with Crippen molar-refractivity contribution in [2.24, 2.45) is 0 Å². The Bertz CT molecular complexity index is 119. The largest absolute Gasteiger partial charge is 0.750 e. The molecule has 0 aromatic rings. The second kappa shape index (κ2) is 6.65. The first kappa shape index (κ1) is 11.0. The predicted octanol–water partition coefficient (Wildman–Crippen LogP) is -2.30. The summed E-state index contributed by atoms with van der Waals surface area (Å²) in [6.45, 7) is 0.239. The van der Waals surface area contributed by atoms with Gasteiger partial charge in [0.1, 0.15) is 0 Å². The van der Waals surface area contributed by atoms with E-state index in [0.29, 0.717) is 0 Å². The van der Waals surface area contributed by atoms with Gasteiger partial charge in [-0.3, -0.25) is 4.18 Å². The molecular weight excluding hydrogens is 174 g/mol. The molecule has 0 heterocycles. The summed E-state index contributed by atoms with van der Waals surface area (Å²) in [5, 5.41) is 19.1. The van der Waals surface area contributed by atoms with Gasteiger partial charge in [0.05, 0.1) is 18.0 Å². The molecule has 7 heteroatoms. The summed E-state index contributed by atoms with van der Waals surface area (Å²) in [5.41, 5.74) is 0. The molecule has 1 unspecified atom stereocenters. The molecule has 0 amide bonds. The first-order valence-electron chi connectivity index (χ1n) is 2.92. The van der Waals surface area contributed by atoms with Crippen molar-refractivity contribution < 1.29 is 23.2 Å². The molecule has 0 rings (SSSR count). The zero-order valence-corrected chi connectivity index (χ0v) is 6.54. The van der Waals surface area contributed by atoms with E-state index in [0.717, 1.165) is 0 Å². The highest BCUT2D eigenvalue weighted by atomic mass is 32.2. The van der Waals surface area contributed by atoms with Crippen LogP contribution in [0.3, 0.4) is 0 Å². The Labute approximate surface area is 66.7 Å². The van der Waals surface area contributed by atoms with Gasteiger partial charge in [-0.2, -0.15) is 0 Å².